The first-order chi connectivity index (χ1) is 18.7. The molecule has 0 spiro atoms. The summed E-state index contributed by atoms with van der Waals surface area (Å²) < 4.78 is 11.4. The quantitative estimate of drug-likeness (QED) is 0.287. The first-order valence-corrected chi connectivity index (χ1v) is 13.1. The van der Waals surface area contributed by atoms with Crippen LogP contribution >= 0.6 is 23.2 Å². The Morgan fingerprint density at radius 2 is 1.82 bits per heavy atom. The molecule has 13 heteroatoms. The van der Waals surface area contributed by atoms with E-state index >= 15 is 0 Å². The molecule has 5 rings (SSSR count). The zero-order valence-electron chi connectivity index (χ0n) is 21.2. The largest absolute Gasteiger partial charge is 0.486 e. The Bertz CT molecular complexity index is 1370. The van der Waals surface area contributed by atoms with E-state index in [1.807, 2.05) is 11.8 Å². The van der Waals surface area contributed by atoms with Crippen LogP contribution in [0, 0.1) is 5.41 Å². The van der Waals surface area contributed by atoms with Crippen molar-refractivity contribution in [2.75, 3.05) is 50.0 Å². The van der Waals surface area contributed by atoms with Gasteiger partial charge in [-0.05, 0) is 37.3 Å². The van der Waals surface area contributed by atoms with E-state index in [1.54, 1.807) is 35.2 Å². The zero-order chi connectivity index (χ0) is 27.7. The Labute approximate surface area is 235 Å². The van der Waals surface area contributed by atoms with Crippen LogP contribution in [0.15, 0.2) is 42.7 Å². The van der Waals surface area contributed by atoms with Crippen molar-refractivity contribution in [1.82, 2.24) is 20.1 Å². The van der Waals surface area contributed by atoms with Gasteiger partial charge in [0, 0.05) is 55.4 Å². The Hall–Kier alpha value is -3.51. The van der Waals surface area contributed by atoms with E-state index < -0.39 is 11.6 Å². The fraction of sp³-hybridized carbons (Fsp3) is 0.346. The molecule has 0 aliphatic carbocycles. The number of carbonyl (C=O) groups excluding carboxylic acids is 1. The lowest BCUT2D eigenvalue weighted by Crippen LogP contribution is -2.75. The van der Waals surface area contributed by atoms with Crippen LogP contribution in [-0.4, -0.2) is 76.6 Å². The number of anilines is 2. The van der Waals surface area contributed by atoms with Gasteiger partial charge in [-0.3, -0.25) is 15.2 Å². The second-order valence-electron chi connectivity index (χ2n) is 9.59. The van der Waals surface area contributed by atoms with E-state index in [4.69, 9.17) is 49.6 Å². The third kappa shape index (κ3) is 5.48. The smallest absolute Gasteiger partial charge is 0.246 e. The number of nitrogens with zero attached hydrogens (tertiary/aromatic N) is 5. The Morgan fingerprint density at radius 1 is 1.13 bits per heavy atom. The molecule has 4 heterocycles. The summed E-state index contributed by atoms with van der Waals surface area (Å²) in [5.41, 5.74) is 13.5. The molecule has 0 radical (unpaired) electrons. The highest BCUT2D eigenvalue weighted by molar-refractivity contribution is 6.35. The van der Waals surface area contributed by atoms with Crippen molar-refractivity contribution in [3.8, 4) is 5.75 Å². The number of aromatic nitrogens is 3. The number of pyridine rings is 1. The summed E-state index contributed by atoms with van der Waals surface area (Å²) in [5.74, 6) is 0.982. The lowest BCUT2D eigenvalue weighted by molar-refractivity contribution is -0.142. The third-order valence-electron chi connectivity index (χ3n) is 6.80. The van der Waals surface area contributed by atoms with Crippen molar-refractivity contribution >= 4 is 46.3 Å². The maximum Gasteiger partial charge on any atom is 0.246 e. The molecule has 11 nitrogen and oxygen atoms in total. The molecular weight excluding hydrogens is 543 g/mol. The summed E-state index contributed by atoms with van der Waals surface area (Å²) in [6.45, 7) is 4.64. The van der Waals surface area contributed by atoms with Gasteiger partial charge in [0.15, 0.2) is 5.82 Å². The highest BCUT2D eigenvalue weighted by atomic mass is 35.5. The molecule has 1 aromatic carbocycles. The van der Waals surface area contributed by atoms with Gasteiger partial charge in [0.25, 0.3) is 0 Å². The van der Waals surface area contributed by atoms with Crippen molar-refractivity contribution in [3.63, 3.8) is 0 Å². The molecule has 2 aliphatic rings. The van der Waals surface area contributed by atoms with Crippen LogP contribution in [0.3, 0.4) is 0 Å². The van der Waals surface area contributed by atoms with Gasteiger partial charge in [0.1, 0.15) is 23.1 Å². The van der Waals surface area contributed by atoms with Crippen LogP contribution in [0.25, 0.3) is 0 Å². The van der Waals surface area contributed by atoms with E-state index in [-0.39, 0.29) is 11.6 Å². The number of ether oxygens (including phenoxy) is 2. The Morgan fingerprint density at radius 3 is 2.46 bits per heavy atom. The molecule has 0 saturated carbocycles. The minimum absolute atomic E-state index is 0.0752. The molecule has 3 aromatic rings. The van der Waals surface area contributed by atoms with Crippen molar-refractivity contribution in [1.29, 1.82) is 5.41 Å². The highest BCUT2D eigenvalue weighted by Gasteiger charge is 2.48. The van der Waals surface area contributed by atoms with Gasteiger partial charge in [0.05, 0.1) is 29.0 Å². The molecule has 1 atom stereocenters. The Balaban J connectivity index is 1.25. The summed E-state index contributed by atoms with van der Waals surface area (Å²) in [6, 6.07) is 8.48. The molecule has 0 bridgehead atoms. The number of amides is 1. The fourth-order valence-electron chi connectivity index (χ4n) is 4.68. The predicted octanol–water partition coefficient (Wildman–Crippen LogP) is 2.69. The number of nitrogen functional groups attached to an aromatic ring is 1. The van der Waals surface area contributed by atoms with Gasteiger partial charge in [0.2, 0.25) is 5.91 Å². The van der Waals surface area contributed by atoms with Gasteiger partial charge >= 0.3 is 0 Å². The normalized spacial score (nSPS) is 17.3. The van der Waals surface area contributed by atoms with Gasteiger partial charge in [-0.2, -0.15) is 0 Å². The number of halogens is 2. The van der Waals surface area contributed by atoms with Gasteiger partial charge < -0.3 is 30.7 Å². The topological polar surface area (TPSA) is 157 Å². The molecule has 2 fully saturated rings. The lowest BCUT2D eigenvalue weighted by Gasteiger charge is -2.48. The van der Waals surface area contributed by atoms with Crippen molar-refractivity contribution < 1.29 is 14.3 Å². The van der Waals surface area contributed by atoms with Crippen molar-refractivity contribution in [3.05, 3.63) is 69.6 Å². The molecule has 2 saturated heterocycles. The van der Waals surface area contributed by atoms with Gasteiger partial charge in [-0.15, -0.1) is 10.2 Å². The molecule has 2 aromatic heterocycles. The molecule has 1 amide bonds. The summed E-state index contributed by atoms with van der Waals surface area (Å²) in [6.07, 6.45) is 2.54. The molecule has 2 aliphatic heterocycles. The summed E-state index contributed by atoms with van der Waals surface area (Å²) in [5, 5.41) is 18.0. The van der Waals surface area contributed by atoms with E-state index in [1.165, 1.54) is 12.4 Å². The molecule has 204 valence electrons. The first kappa shape index (κ1) is 27.1. The molecule has 0 unspecified atom stereocenters. The van der Waals surface area contributed by atoms with E-state index in [0.29, 0.717) is 83.5 Å². The minimum Gasteiger partial charge on any atom is -0.486 e. The summed E-state index contributed by atoms with van der Waals surface area (Å²) in [4.78, 5) is 20.4. The number of benzene rings is 1. The third-order valence-corrected chi connectivity index (χ3v) is 7.41. The first-order valence-electron chi connectivity index (χ1n) is 12.4. The highest BCUT2D eigenvalue weighted by Crippen LogP contribution is 2.33. The predicted molar refractivity (Wildman–Crippen MR) is 149 cm³/mol. The number of rotatable bonds is 7. The number of nitrogens with two attached hydrogens (primary N) is 2. The van der Waals surface area contributed by atoms with Gasteiger partial charge in [-0.25, -0.2) is 0 Å². The monoisotopic (exact) mass is 570 g/mol. The van der Waals surface area contributed by atoms with E-state index in [2.05, 4.69) is 15.2 Å². The van der Waals surface area contributed by atoms with Crippen LogP contribution in [0.2, 0.25) is 10.0 Å². The maximum atomic E-state index is 12.8. The van der Waals surface area contributed by atoms with Crippen molar-refractivity contribution in [2.45, 2.75) is 18.6 Å². The average Bonchev–Trinajstić information content (AvgIpc) is 2.92. The second-order valence-corrected chi connectivity index (χ2v) is 10.4. The Kier molecular flexibility index (Phi) is 7.59. The molecular formula is C26H28Cl2N8O3. The number of hydrogen-bond donors (Lipinski definition) is 3. The SMILES string of the molecule is C[C@@H](Oc1ccc(N)c(C(=N)c2ccc(N3CC(N)(C(=O)N4CCOCC4)C3)nn2)c1)c1c(Cl)cncc1Cl. The van der Waals surface area contributed by atoms with Crippen LogP contribution < -0.4 is 21.1 Å². The fourth-order valence-corrected chi connectivity index (χ4v) is 5.35. The second kappa shape index (κ2) is 10.9. The summed E-state index contributed by atoms with van der Waals surface area (Å²) in [7, 11) is 0. The minimum atomic E-state index is -0.957. The van der Waals surface area contributed by atoms with Crippen LogP contribution in [0.4, 0.5) is 11.5 Å². The van der Waals surface area contributed by atoms with E-state index in [0.717, 1.165) is 0 Å². The number of carbonyl (C=O) groups is 1. The number of hydrogen-bond acceptors (Lipinski definition) is 10. The van der Waals surface area contributed by atoms with Crippen LogP contribution in [-0.2, 0) is 9.53 Å². The average molecular weight is 571 g/mol. The molecule has 39 heavy (non-hydrogen) atoms. The number of morpholine rings is 1. The molecule has 5 N–H and O–H groups in total. The van der Waals surface area contributed by atoms with Crippen LogP contribution in [0.1, 0.15) is 29.8 Å². The standard InChI is InChI=1S/C26H28Cl2N8O3/c1-15(23-18(27)11-32-12-19(23)28)39-16-2-3-20(29)17(10-16)24(30)21-4-5-22(34-33-21)36-13-26(31,14-36)25(37)35-6-8-38-9-7-35/h2-5,10-12,15,30H,6-9,13-14,29,31H2,1H3/t15-/m1/s1. The zero-order valence-corrected chi connectivity index (χ0v) is 22.7. The maximum absolute atomic E-state index is 12.8. The number of nitrogens with one attached hydrogen (secondary N) is 1. The van der Waals surface area contributed by atoms with Crippen LogP contribution in [0.5, 0.6) is 5.75 Å². The summed E-state index contributed by atoms with van der Waals surface area (Å²) >= 11 is 12.5. The van der Waals surface area contributed by atoms with Crippen molar-refractivity contribution in [2.24, 2.45) is 5.73 Å². The van der Waals surface area contributed by atoms with Gasteiger partial charge in [-0.1, -0.05) is 23.2 Å². The van der Waals surface area contributed by atoms with E-state index in [9.17, 15) is 4.79 Å². The lowest BCUT2D eigenvalue weighted by atomic mass is 9.89.